The van der Waals surface area contributed by atoms with Crippen LogP contribution in [0.25, 0.3) is 10.9 Å². The highest BCUT2D eigenvalue weighted by atomic mass is 32.2. The number of rotatable bonds is 2. The maximum atomic E-state index is 12.6. The molecule has 0 amide bonds. The van der Waals surface area contributed by atoms with Gasteiger partial charge in [0.05, 0.1) is 28.2 Å². The van der Waals surface area contributed by atoms with Crippen molar-refractivity contribution in [3.8, 4) is 6.07 Å². The first-order chi connectivity index (χ1) is 10.0. The molecule has 0 fully saturated rings. The van der Waals surface area contributed by atoms with Crippen molar-refractivity contribution in [1.82, 2.24) is 9.19 Å². The topological polar surface area (TPSA) is 75.8 Å². The van der Waals surface area contributed by atoms with Gasteiger partial charge in [0.25, 0.3) is 10.0 Å². The number of benzene rings is 2. The van der Waals surface area contributed by atoms with Gasteiger partial charge < -0.3 is 0 Å². The molecule has 3 aromatic rings. The molecule has 0 aliphatic carbocycles. The smallest absolute Gasteiger partial charge is 0.199 e. The summed E-state index contributed by atoms with van der Waals surface area (Å²) in [5.74, 6) is 0. The lowest BCUT2D eigenvalue weighted by molar-refractivity contribution is 0.582. The fourth-order valence-corrected chi connectivity index (χ4v) is 3.38. The molecular formula is C14H8BN3O2S. The van der Waals surface area contributed by atoms with Crippen LogP contribution in [-0.4, -0.2) is 25.4 Å². The number of aromatic nitrogens is 2. The number of nitriles is 1. The van der Waals surface area contributed by atoms with Gasteiger partial charge in [0.15, 0.2) is 0 Å². The summed E-state index contributed by atoms with van der Waals surface area (Å²) in [6, 6.07) is 12.9. The second-order valence-corrected chi connectivity index (χ2v) is 6.19. The third kappa shape index (κ3) is 2.10. The van der Waals surface area contributed by atoms with Crippen molar-refractivity contribution in [1.29, 1.82) is 5.26 Å². The molecule has 0 N–H and O–H groups in total. The largest absolute Gasteiger partial charge is 0.283 e. The molecular weight excluding hydrogens is 285 g/mol. The predicted octanol–water partition coefficient (Wildman–Crippen LogP) is 0.939. The molecule has 1 heterocycles. The summed E-state index contributed by atoms with van der Waals surface area (Å²) >= 11 is 0. The van der Waals surface area contributed by atoms with Gasteiger partial charge in [0.2, 0.25) is 0 Å². The Bertz CT molecular complexity index is 973. The summed E-state index contributed by atoms with van der Waals surface area (Å²) in [5, 5.41) is 13.5. The highest BCUT2D eigenvalue weighted by Crippen LogP contribution is 2.21. The summed E-state index contributed by atoms with van der Waals surface area (Å²) in [5.41, 5.74) is 0.888. The van der Waals surface area contributed by atoms with Crippen LogP contribution >= 0.6 is 0 Å². The minimum Gasteiger partial charge on any atom is -0.199 e. The predicted molar refractivity (Wildman–Crippen MR) is 78.9 cm³/mol. The van der Waals surface area contributed by atoms with Crippen LogP contribution in [0.15, 0.2) is 53.6 Å². The third-order valence-corrected chi connectivity index (χ3v) is 4.68. The molecule has 0 spiro atoms. The summed E-state index contributed by atoms with van der Waals surface area (Å²) in [6.45, 7) is 0. The Balaban J connectivity index is 2.33. The Morgan fingerprint density at radius 2 is 1.90 bits per heavy atom. The van der Waals surface area contributed by atoms with Gasteiger partial charge in [-0.15, -0.1) is 0 Å². The first kappa shape index (κ1) is 13.4. The van der Waals surface area contributed by atoms with Gasteiger partial charge in [-0.05, 0) is 18.2 Å². The first-order valence-corrected chi connectivity index (χ1v) is 7.46. The van der Waals surface area contributed by atoms with E-state index in [-0.39, 0.29) is 10.4 Å². The van der Waals surface area contributed by atoms with E-state index in [2.05, 4.69) is 5.10 Å². The highest BCUT2D eigenvalue weighted by Gasteiger charge is 2.21. The zero-order valence-corrected chi connectivity index (χ0v) is 11.6. The van der Waals surface area contributed by atoms with E-state index in [0.717, 1.165) is 4.09 Å². The van der Waals surface area contributed by atoms with Gasteiger partial charge in [-0.1, -0.05) is 29.7 Å². The van der Waals surface area contributed by atoms with Crippen molar-refractivity contribution < 1.29 is 8.42 Å². The van der Waals surface area contributed by atoms with E-state index in [1.807, 2.05) is 6.07 Å². The van der Waals surface area contributed by atoms with E-state index >= 15 is 0 Å². The van der Waals surface area contributed by atoms with Crippen LogP contribution in [0, 0.1) is 11.3 Å². The molecule has 3 rings (SSSR count). The molecule has 0 aliphatic rings. The van der Waals surface area contributed by atoms with Gasteiger partial charge in [0.1, 0.15) is 7.85 Å². The number of hydrogen-bond donors (Lipinski definition) is 0. The first-order valence-electron chi connectivity index (χ1n) is 6.02. The molecule has 5 nitrogen and oxygen atoms in total. The van der Waals surface area contributed by atoms with Gasteiger partial charge >= 0.3 is 0 Å². The number of hydrogen-bond acceptors (Lipinski definition) is 4. The van der Waals surface area contributed by atoms with E-state index in [1.54, 1.807) is 18.2 Å². The average Bonchev–Trinajstić information content (AvgIpc) is 2.91. The summed E-state index contributed by atoms with van der Waals surface area (Å²) in [6.07, 6.45) is 1.35. The van der Waals surface area contributed by atoms with Crippen LogP contribution < -0.4 is 5.46 Å². The lowest BCUT2D eigenvalue weighted by atomic mass is 9.93. The molecule has 100 valence electrons. The van der Waals surface area contributed by atoms with E-state index in [0.29, 0.717) is 16.4 Å². The van der Waals surface area contributed by atoms with Crippen LogP contribution in [0.3, 0.4) is 0 Å². The average molecular weight is 293 g/mol. The lowest BCUT2D eigenvalue weighted by Crippen LogP contribution is -2.15. The molecule has 0 saturated heterocycles. The van der Waals surface area contributed by atoms with Crippen molar-refractivity contribution in [2.45, 2.75) is 4.90 Å². The summed E-state index contributed by atoms with van der Waals surface area (Å²) < 4.78 is 26.1. The van der Waals surface area contributed by atoms with Gasteiger partial charge in [-0.2, -0.15) is 22.9 Å². The van der Waals surface area contributed by atoms with Gasteiger partial charge in [-0.25, -0.2) is 0 Å². The molecule has 0 aliphatic heterocycles. The fourth-order valence-electron chi connectivity index (χ4n) is 2.10. The van der Waals surface area contributed by atoms with Gasteiger partial charge in [0, 0.05) is 5.39 Å². The van der Waals surface area contributed by atoms with Crippen molar-refractivity contribution in [2.24, 2.45) is 0 Å². The van der Waals surface area contributed by atoms with Crippen LogP contribution in [-0.2, 0) is 10.0 Å². The third-order valence-electron chi connectivity index (χ3n) is 3.07. The molecule has 0 bridgehead atoms. The summed E-state index contributed by atoms with van der Waals surface area (Å²) in [7, 11) is 1.90. The Kier molecular flexibility index (Phi) is 3.03. The van der Waals surface area contributed by atoms with E-state index < -0.39 is 10.0 Å². The zero-order chi connectivity index (χ0) is 15.0. The van der Waals surface area contributed by atoms with Crippen LogP contribution in [0.1, 0.15) is 5.56 Å². The molecule has 1 aromatic heterocycles. The Hall–Kier alpha value is -2.59. The van der Waals surface area contributed by atoms with Crippen LogP contribution in [0.2, 0.25) is 0 Å². The molecule has 0 saturated carbocycles. The Labute approximate surface area is 122 Å². The minimum absolute atomic E-state index is 0.121. The lowest BCUT2D eigenvalue weighted by Gasteiger charge is -2.06. The SMILES string of the molecule is [B]c1cc(C#N)c2cnn(S(=O)(=O)c3ccccc3)c2c1. The maximum absolute atomic E-state index is 12.6. The van der Waals surface area contributed by atoms with Crippen molar-refractivity contribution in [3.05, 3.63) is 54.2 Å². The molecule has 7 heteroatoms. The van der Waals surface area contributed by atoms with Crippen molar-refractivity contribution in [3.63, 3.8) is 0 Å². The normalized spacial score (nSPS) is 11.4. The highest BCUT2D eigenvalue weighted by molar-refractivity contribution is 7.90. The zero-order valence-electron chi connectivity index (χ0n) is 10.8. The molecule has 2 aromatic carbocycles. The second-order valence-electron chi connectivity index (χ2n) is 4.42. The Morgan fingerprint density at radius 1 is 1.19 bits per heavy atom. The molecule has 0 unspecified atom stereocenters. The minimum atomic E-state index is -3.82. The van der Waals surface area contributed by atoms with E-state index in [1.165, 1.54) is 30.5 Å². The molecule has 0 atom stereocenters. The fraction of sp³-hybridized carbons (Fsp3) is 0. The number of nitrogens with zero attached hydrogens (tertiary/aromatic N) is 3. The quantitative estimate of drug-likeness (QED) is 0.659. The molecule has 21 heavy (non-hydrogen) atoms. The van der Waals surface area contributed by atoms with E-state index in [4.69, 9.17) is 13.1 Å². The maximum Gasteiger partial charge on any atom is 0.283 e. The standard InChI is InChI=1S/C14H8BN3O2S/c15-11-6-10(8-16)13-9-17-18(14(13)7-11)21(19,20)12-4-2-1-3-5-12/h1-7,9H. The second kappa shape index (κ2) is 4.75. The molecule has 2 radical (unpaired) electrons. The summed E-state index contributed by atoms with van der Waals surface area (Å²) in [4.78, 5) is 0.121. The van der Waals surface area contributed by atoms with Crippen LogP contribution in [0.4, 0.5) is 0 Å². The monoisotopic (exact) mass is 293 g/mol. The Morgan fingerprint density at radius 3 is 2.57 bits per heavy atom. The van der Waals surface area contributed by atoms with Crippen LogP contribution in [0.5, 0.6) is 0 Å². The number of fused-ring (bicyclic) bond motifs is 1. The van der Waals surface area contributed by atoms with Gasteiger partial charge in [-0.3, -0.25) is 0 Å². The van der Waals surface area contributed by atoms with Crippen molar-refractivity contribution >= 4 is 34.2 Å². The van der Waals surface area contributed by atoms with Crippen molar-refractivity contribution in [2.75, 3.05) is 0 Å². The van der Waals surface area contributed by atoms with E-state index in [9.17, 15) is 8.42 Å².